The maximum atomic E-state index is 12.8. The van der Waals surface area contributed by atoms with Crippen molar-refractivity contribution in [2.75, 3.05) is 24.7 Å². The van der Waals surface area contributed by atoms with Crippen molar-refractivity contribution in [1.82, 2.24) is 9.88 Å². The first-order valence-corrected chi connectivity index (χ1v) is 9.83. The number of carbonyl (C=O) groups excluding carboxylic acids is 2. The summed E-state index contributed by atoms with van der Waals surface area (Å²) >= 11 is 5.83. The van der Waals surface area contributed by atoms with E-state index in [4.69, 9.17) is 17.0 Å². The molecule has 0 spiro atoms. The highest BCUT2D eigenvalue weighted by Gasteiger charge is 2.16. The van der Waals surface area contributed by atoms with Gasteiger partial charge in [-0.05, 0) is 43.3 Å². The predicted molar refractivity (Wildman–Crippen MR) is 123 cm³/mol. The van der Waals surface area contributed by atoms with Gasteiger partial charge in [0.25, 0.3) is 11.8 Å². The van der Waals surface area contributed by atoms with Gasteiger partial charge in [-0.25, -0.2) is 4.98 Å². The number of anilines is 2. The summed E-state index contributed by atoms with van der Waals surface area (Å²) in [7, 11) is 3.57. The Morgan fingerprint density at radius 1 is 0.935 bits per heavy atom. The molecule has 2 aromatic carbocycles. The van der Waals surface area contributed by atoms with Crippen LogP contribution in [0.4, 0.5) is 11.5 Å². The van der Waals surface area contributed by atoms with E-state index in [1.54, 1.807) is 67.5 Å². The number of rotatable bonds is 5. The summed E-state index contributed by atoms with van der Waals surface area (Å²) in [4.78, 5) is 31.3. The lowest BCUT2D eigenvalue weighted by Crippen LogP contribution is -2.22. The zero-order valence-electron chi connectivity index (χ0n) is 17.4. The van der Waals surface area contributed by atoms with E-state index in [0.717, 1.165) is 5.56 Å². The molecule has 0 saturated heterocycles. The molecular weight excluding hydrogens is 414 g/mol. The fourth-order valence-electron chi connectivity index (χ4n) is 2.82. The average molecular weight is 436 g/mol. The Morgan fingerprint density at radius 2 is 1.61 bits per heavy atom. The van der Waals surface area contributed by atoms with E-state index in [2.05, 4.69) is 15.6 Å². The maximum Gasteiger partial charge on any atom is 0.258 e. The molecule has 0 saturated carbocycles. The Hall–Kier alpha value is -3.71. The van der Waals surface area contributed by atoms with E-state index in [1.165, 1.54) is 6.20 Å². The standard InChI is InChI=1S/C23H22ClN5O2/c1-14-4-10-19(18(12-14)23(31)28-20-11-9-17(24)13-26-20)27-22(30)16-7-5-15(6-8-16)21(25)29(2)3/h4-13,25H,1-3H3,(H,27,30)(H,26,28,31). The lowest BCUT2D eigenvalue weighted by molar-refractivity contribution is 0.102. The molecule has 0 radical (unpaired) electrons. The van der Waals surface area contributed by atoms with Crippen LogP contribution in [0.5, 0.6) is 0 Å². The Kier molecular flexibility index (Phi) is 6.67. The second-order valence-electron chi connectivity index (χ2n) is 7.14. The number of pyridine rings is 1. The minimum Gasteiger partial charge on any atom is -0.363 e. The summed E-state index contributed by atoms with van der Waals surface area (Å²) in [5, 5.41) is 14.0. The molecule has 3 N–H and O–H groups in total. The zero-order valence-corrected chi connectivity index (χ0v) is 18.1. The molecule has 0 unspecified atom stereocenters. The van der Waals surface area contributed by atoms with E-state index in [0.29, 0.717) is 39.1 Å². The second-order valence-corrected chi connectivity index (χ2v) is 7.58. The summed E-state index contributed by atoms with van der Waals surface area (Å²) in [5.41, 5.74) is 2.69. The highest BCUT2D eigenvalue weighted by atomic mass is 35.5. The van der Waals surface area contributed by atoms with Gasteiger partial charge in [0.2, 0.25) is 0 Å². The van der Waals surface area contributed by atoms with Gasteiger partial charge in [-0.1, -0.05) is 35.4 Å². The Morgan fingerprint density at radius 3 is 2.23 bits per heavy atom. The van der Waals surface area contributed by atoms with Gasteiger partial charge in [-0.2, -0.15) is 0 Å². The number of amidine groups is 1. The molecule has 0 bridgehead atoms. The quantitative estimate of drug-likeness (QED) is 0.407. The number of hydrogen-bond acceptors (Lipinski definition) is 4. The maximum absolute atomic E-state index is 12.8. The van der Waals surface area contributed by atoms with Crippen LogP contribution in [-0.2, 0) is 0 Å². The Labute approximate surface area is 185 Å². The molecule has 0 aliphatic rings. The van der Waals surface area contributed by atoms with Crippen LogP contribution < -0.4 is 10.6 Å². The highest BCUT2D eigenvalue weighted by molar-refractivity contribution is 6.30. The number of aromatic nitrogens is 1. The van der Waals surface area contributed by atoms with Crippen LogP contribution in [0.15, 0.2) is 60.8 Å². The largest absolute Gasteiger partial charge is 0.363 e. The number of halogens is 1. The fraction of sp³-hybridized carbons (Fsp3) is 0.130. The summed E-state index contributed by atoms with van der Waals surface area (Å²) < 4.78 is 0. The number of benzene rings is 2. The van der Waals surface area contributed by atoms with Gasteiger partial charge in [0.05, 0.1) is 16.3 Å². The van der Waals surface area contributed by atoms with Gasteiger partial charge < -0.3 is 15.5 Å². The molecule has 7 nitrogen and oxygen atoms in total. The van der Waals surface area contributed by atoms with Crippen molar-refractivity contribution in [3.05, 3.63) is 88.1 Å². The molecular formula is C23H22ClN5O2. The van der Waals surface area contributed by atoms with E-state index < -0.39 is 5.91 Å². The van der Waals surface area contributed by atoms with Crippen molar-refractivity contribution in [1.29, 1.82) is 5.41 Å². The van der Waals surface area contributed by atoms with E-state index >= 15 is 0 Å². The molecule has 0 aliphatic heterocycles. The van der Waals surface area contributed by atoms with Crippen LogP contribution in [0.3, 0.4) is 0 Å². The van der Waals surface area contributed by atoms with Crippen LogP contribution in [0, 0.1) is 12.3 Å². The lowest BCUT2D eigenvalue weighted by atomic mass is 10.1. The zero-order chi connectivity index (χ0) is 22.5. The lowest BCUT2D eigenvalue weighted by Gasteiger charge is -2.14. The summed E-state index contributed by atoms with van der Waals surface area (Å²) in [6, 6.07) is 15.1. The molecule has 0 atom stereocenters. The molecule has 0 fully saturated rings. The van der Waals surface area contributed by atoms with Crippen LogP contribution in [-0.4, -0.2) is 41.6 Å². The molecule has 1 aromatic heterocycles. The van der Waals surface area contributed by atoms with Crippen LogP contribution in [0.2, 0.25) is 5.02 Å². The third kappa shape index (κ3) is 5.46. The summed E-state index contributed by atoms with van der Waals surface area (Å²) in [6.45, 7) is 1.86. The third-order valence-corrected chi connectivity index (χ3v) is 4.73. The molecule has 158 valence electrons. The molecule has 0 aliphatic carbocycles. The van der Waals surface area contributed by atoms with Crippen molar-refractivity contribution in [3.8, 4) is 0 Å². The average Bonchev–Trinajstić information content (AvgIpc) is 2.76. The van der Waals surface area contributed by atoms with E-state index in [9.17, 15) is 9.59 Å². The van der Waals surface area contributed by atoms with E-state index in [-0.39, 0.29) is 5.91 Å². The Balaban J connectivity index is 1.80. The van der Waals surface area contributed by atoms with Crippen molar-refractivity contribution in [2.24, 2.45) is 0 Å². The van der Waals surface area contributed by atoms with Crippen LogP contribution in [0.1, 0.15) is 31.8 Å². The molecule has 8 heteroatoms. The van der Waals surface area contributed by atoms with Crippen molar-refractivity contribution >= 4 is 40.8 Å². The van der Waals surface area contributed by atoms with Crippen LogP contribution in [0.25, 0.3) is 0 Å². The predicted octanol–water partition coefficient (Wildman–Crippen LogP) is 4.43. The molecule has 2 amide bonds. The minimum absolute atomic E-state index is 0.316. The first-order valence-electron chi connectivity index (χ1n) is 9.46. The van der Waals surface area contributed by atoms with Gasteiger partial charge in [-0.3, -0.25) is 15.0 Å². The van der Waals surface area contributed by atoms with Gasteiger partial charge in [0, 0.05) is 31.4 Å². The molecule has 31 heavy (non-hydrogen) atoms. The third-order valence-electron chi connectivity index (χ3n) is 4.50. The minimum atomic E-state index is -0.399. The first kappa shape index (κ1) is 22.0. The van der Waals surface area contributed by atoms with Gasteiger partial charge >= 0.3 is 0 Å². The monoisotopic (exact) mass is 435 g/mol. The topological polar surface area (TPSA) is 98.2 Å². The summed E-state index contributed by atoms with van der Waals surface area (Å²) in [6.07, 6.45) is 1.44. The van der Waals surface area contributed by atoms with Gasteiger partial charge in [-0.15, -0.1) is 0 Å². The normalized spacial score (nSPS) is 10.3. The molecule has 1 heterocycles. The number of nitrogens with one attached hydrogen (secondary N) is 3. The SMILES string of the molecule is Cc1ccc(NC(=O)c2ccc(C(=N)N(C)C)cc2)c(C(=O)Nc2ccc(Cl)cn2)c1. The van der Waals surface area contributed by atoms with Crippen molar-refractivity contribution < 1.29 is 9.59 Å². The second kappa shape index (κ2) is 9.40. The van der Waals surface area contributed by atoms with Crippen LogP contribution >= 0.6 is 11.6 Å². The number of carbonyl (C=O) groups is 2. The number of hydrogen-bond donors (Lipinski definition) is 3. The fourth-order valence-corrected chi connectivity index (χ4v) is 2.93. The molecule has 3 aromatic rings. The van der Waals surface area contributed by atoms with Crippen molar-refractivity contribution in [2.45, 2.75) is 6.92 Å². The Bertz CT molecular complexity index is 1130. The number of nitrogens with zero attached hydrogens (tertiary/aromatic N) is 2. The summed E-state index contributed by atoms with van der Waals surface area (Å²) in [5.74, 6) is -0.0542. The van der Waals surface area contributed by atoms with Gasteiger partial charge in [0.15, 0.2) is 0 Å². The number of amides is 2. The highest BCUT2D eigenvalue weighted by Crippen LogP contribution is 2.21. The number of aryl methyl sites for hydroxylation is 1. The van der Waals surface area contributed by atoms with Gasteiger partial charge in [0.1, 0.15) is 11.7 Å². The van der Waals surface area contributed by atoms with E-state index in [1.807, 2.05) is 13.0 Å². The smallest absolute Gasteiger partial charge is 0.258 e. The first-order chi connectivity index (χ1) is 14.7. The van der Waals surface area contributed by atoms with Crippen molar-refractivity contribution in [3.63, 3.8) is 0 Å². The molecule has 3 rings (SSSR count).